The fourth-order valence-corrected chi connectivity index (χ4v) is 4.11. The Bertz CT molecular complexity index is 1290. The molecular formula is C28H24O5. The normalized spacial score (nSPS) is 14.4. The summed E-state index contributed by atoms with van der Waals surface area (Å²) < 4.78 is 23.9. The van der Waals surface area contributed by atoms with E-state index >= 15 is 0 Å². The highest BCUT2D eigenvalue weighted by Gasteiger charge is 2.36. The number of para-hydroxylation sites is 1. The SMILES string of the molecule is COC(=O)c1ccc(-c2c(-c3ccccc3)oc3c2C(OC(C)C)Oc2ccccc2-3)cc1. The number of methoxy groups -OCH3 is 1. The van der Waals surface area contributed by atoms with Crippen LogP contribution in [0, 0.1) is 0 Å². The number of hydrogen-bond donors (Lipinski definition) is 0. The highest BCUT2D eigenvalue weighted by Crippen LogP contribution is 2.52. The number of carbonyl (C=O) groups is 1. The maximum absolute atomic E-state index is 12.0. The van der Waals surface area contributed by atoms with Crippen LogP contribution in [0.5, 0.6) is 5.75 Å². The largest absolute Gasteiger partial charge is 0.465 e. The van der Waals surface area contributed by atoms with Crippen molar-refractivity contribution >= 4 is 5.97 Å². The molecule has 166 valence electrons. The van der Waals surface area contributed by atoms with Crippen molar-refractivity contribution in [1.29, 1.82) is 0 Å². The maximum atomic E-state index is 12.0. The molecule has 2 heterocycles. The summed E-state index contributed by atoms with van der Waals surface area (Å²) in [6.07, 6.45) is -0.691. The highest BCUT2D eigenvalue weighted by atomic mass is 16.7. The second-order valence-electron chi connectivity index (χ2n) is 8.11. The minimum absolute atomic E-state index is 0.0577. The summed E-state index contributed by atoms with van der Waals surface area (Å²) >= 11 is 0. The van der Waals surface area contributed by atoms with E-state index in [1.165, 1.54) is 7.11 Å². The number of fused-ring (bicyclic) bond motifs is 3. The molecule has 1 aliphatic heterocycles. The fourth-order valence-electron chi connectivity index (χ4n) is 4.11. The van der Waals surface area contributed by atoms with Crippen LogP contribution in [-0.4, -0.2) is 19.2 Å². The molecule has 0 radical (unpaired) electrons. The third kappa shape index (κ3) is 3.81. The van der Waals surface area contributed by atoms with Crippen LogP contribution in [-0.2, 0) is 9.47 Å². The molecule has 1 aromatic heterocycles. The van der Waals surface area contributed by atoms with E-state index in [0.717, 1.165) is 45.1 Å². The maximum Gasteiger partial charge on any atom is 0.337 e. The van der Waals surface area contributed by atoms with E-state index in [2.05, 4.69) is 0 Å². The smallest absolute Gasteiger partial charge is 0.337 e. The first-order valence-corrected chi connectivity index (χ1v) is 10.9. The van der Waals surface area contributed by atoms with Gasteiger partial charge in [0.2, 0.25) is 6.29 Å². The first-order chi connectivity index (χ1) is 16.1. The van der Waals surface area contributed by atoms with Gasteiger partial charge in [0.05, 0.1) is 29.9 Å². The van der Waals surface area contributed by atoms with E-state index in [1.807, 2.05) is 80.6 Å². The van der Waals surface area contributed by atoms with Gasteiger partial charge >= 0.3 is 5.97 Å². The molecule has 1 atom stereocenters. The van der Waals surface area contributed by atoms with Gasteiger partial charge in [-0.15, -0.1) is 0 Å². The molecule has 0 N–H and O–H groups in total. The minimum atomic E-state index is -0.633. The number of hydrogen-bond acceptors (Lipinski definition) is 5. The minimum Gasteiger partial charge on any atom is -0.465 e. The van der Waals surface area contributed by atoms with Crippen molar-refractivity contribution in [2.24, 2.45) is 0 Å². The number of ether oxygens (including phenoxy) is 3. The highest BCUT2D eigenvalue weighted by molar-refractivity contribution is 5.92. The summed E-state index contributed by atoms with van der Waals surface area (Å²) in [6.45, 7) is 3.96. The van der Waals surface area contributed by atoms with Gasteiger partial charge in [-0.25, -0.2) is 4.79 Å². The predicted octanol–water partition coefficient (Wildman–Crippen LogP) is 6.88. The standard InChI is InChI=1S/C28H24O5/c1-17(2)31-28-24-23(18-13-15-20(16-14-18)27(29)30-3)25(19-9-5-4-6-10-19)33-26(24)21-11-7-8-12-22(21)32-28/h4-17,28H,1-3H3. The van der Waals surface area contributed by atoms with Crippen molar-refractivity contribution in [1.82, 2.24) is 0 Å². The van der Waals surface area contributed by atoms with Crippen molar-refractivity contribution in [2.45, 2.75) is 26.2 Å². The van der Waals surface area contributed by atoms with Gasteiger partial charge in [-0.3, -0.25) is 0 Å². The Labute approximate surface area is 192 Å². The van der Waals surface area contributed by atoms with Crippen molar-refractivity contribution in [2.75, 3.05) is 7.11 Å². The molecule has 0 bridgehead atoms. The van der Waals surface area contributed by atoms with Crippen molar-refractivity contribution in [3.05, 3.63) is 90.0 Å². The van der Waals surface area contributed by atoms with Gasteiger partial charge < -0.3 is 18.6 Å². The summed E-state index contributed by atoms with van der Waals surface area (Å²) in [5, 5.41) is 0. The number of benzene rings is 3. The molecule has 0 saturated carbocycles. The number of furan rings is 1. The zero-order valence-electron chi connectivity index (χ0n) is 18.7. The molecule has 3 aromatic carbocycles. The van der Waals surface area contributed by atoms with Crippen LogP contribution in [0.3, 0.4) is 0 Å². The van der Waals surface area contributed by atoms with Gasteiger partial charge in [0, 0.05) is 11.1 Å². The van der Waals surface area contributed by atoms with Crippen LogP contribution >= 0.6 is 0 Å². The van der Waals surface area contributed by atoms with Gasteiger partial charge in [-0.1, -0.05) is 54.6 Å². The van der Waals surface area contributed by atoms with Gasteiger partial charge in [-0.05, 0) is 43.7 Å². The van der Waals surface area contributed by atoms with E-state index in [9.17, 15) is 4.79 Å². The van der Waals surface area contributed by atoms with E-state index < -0.39 is 6.29 Å². The molecule has 5 rings (SSSR count). The van der Waals surface area contributed by atoms with E-state index in [1.54, 1.807) is 12.1 Å². The Kier molecular flexibility index (Phi) is 5.48. The second kappa shape index (κ2) is 8.60. The Balaban J connectivity index is 1.77. The average Bonchev–Trinajstić information content (AvgIpc) is 3.25. The summed E-state index contributed by atoms with van der Waals surface area (Å²) in [5.74, 6) is 1.80. The topological polar surface area (TPSA) is 57.9 Å². The van der Waals surface area contributed by atoms with Crippen LogP contribution in [0.15, 0.2) is 83.3 Å². The quantitative estimate of drug-likeness (QED) is 0.317. The molecule has 5 heteroatoms. The van der Waals surface area contributed by atoms with Crippen LogP contribution in [0.1, 0.15) is 36.1 Å². The molecule has 0 saturated heterocycles. The van der Waals surface area contributed by atoms with Gasteiger partial charge in [0.1, 0.15) is 17.3 Å². The molecule has 1 unspecified atom stereocenters. The van der Waals surface area contributed by atoms with E-state index in [-0.39, 0.29) is 12.1 Å². The van der Waals surface area contributed by atoms with Crippen LogP contribution in [0.25, 0.3) is 33.8 Å². The fraction of sp³-hybridized carbons (Fsp3) is 0.179. The Morgan fingerprint density at radius 1 is 0.848 bits per heavy atom. The number of rotatable bonds is 5. The second-order valence-corrected chi connectivity index (χ2v) is 8.11. The van der Waals surface area contributed by atoms with Gasteiger partial charge in [-0.2, -0.15) is 0 Å². The number of carbonyl (C=O) groups excluding carboxylic acids is 1. The summed E-state index contributed by atoms with van der Waals surface area (Å²) in [7, 11) is 1.37. The molecule has 0 amide bonds. The van der Waals surface area contributed by atoms with Crippen molar-refractivity contribution < 1.29 is 23.4 Å². The van der Waals surface area contributed by atoms with E-state index in [4.69, 9.17) is 18.6 Å². The third-order valence-electron chi connectivity index (χ3n) is 5.57. The molecule has 0 fully saturated rings. The summed E-state index contributed by atoms with van der Waals surface area (Å²) in [6, 6.07) is 25.1. The Hall–Kier alpha value is -3.83. The van der Waals surface area contributed by atoms with E-state index in [0.29, 0.717) is 5.56 Å². The molecule has 5 nitrogen and oxygen atoms in total. The first kappa shape index (κ1) is 21.0. The molecular weight excluding hydrogens is 416 g/mol. The first-order valence-electron chi connectivity index (χ1n) is 10.9. The van der Waals surface area contributed by atoms with Gasteiger partial charge in [0.15, 0.2) is 0 Å². The summed E-state index contributed by atoms with van der Waals surface area (Å²) in [4.78, 5) is 12.0. The molecule has 0 spiro atoms. The lowest BCUT2D eigenvalue weighted by Gasteiger charge is -2.27. The third-order valence-corrected chi connectivity index (χ3v) is 5.57. The van der Waals surface area contributed by atoms with Gasteiger partial charge in [0.25, 0.3) is 0 Å². The lowest BCUT2D eigenvalue weighted by atomic mass is 9.93. The average molecular weight is 440 g/mol. The molecule has 1 aliphatic rings. The summed E-state index contributed by atoms with van der Waals surface area (Å²) in [5.41, 5.74) is 4.92. The monoisotopic (exact) mass is 440 g/mol. The lowest BCUT2D eigenvalue weighted by molar-refractivity contribution is -0.113. The Morgan fingerprint density at radius 2 is 1.55 bits per heavy atom. The zero-order valence-corrected chi connectivity index (χ0v) is 18.7. The predicted molar refractivity (Wildman–Crippen MR) is 126 cm³/mol. The molecule has 4 aromatic rings. The Morgan fingerprint density at radius 3 is 2.24 bits per heavy atom. The molecule has 0 aliphatic carbocycles. The lowest BCUT2D eigenvalue weighted by Crippen LogP contribution is -2.20. The van der Waals surface area contributed by atoms with Crippen molar-refractivity contribution in [3.63, 3.8) is 0 Å². The van der Waals surface area contributed by atoms with Crippen LogP contribution < -0.4 is 4.74 Å². The van der Waals surface area contributed by atoms with Crippen LogP contribution in [0.2, 0.25) is 0 Å². The molecule has 33 heavy (non-hydrogen) atoms. The zero-order chi connectivity index (χ0) is 22.9. The number of esters is 1. The van der Waals surface area contributed by atoms with Crippen molar-refractivity contribution in [3.8, 4) is 39.5 Å². The van der Waals surface area contributed by atoms with Crippen LogP contribution in [0.4, 0.5) is 0 Å².